The molecule has 38 heavy (non-hydrogen) atoms. The molecule has 4 rings (SSSR count). The number of fused-ring (bicyclic) bond motifs is 1. The van der Waals surface area contributed by atoms with Gasteiger partial charge in [0.25, 0.3) is 5.56 Å². The molecule has 1 fully saturated rings. The van der Waals surface area contributed by atoms with Crippen molar-refractivity contribution in [2.45, 2.75) is 57.7 Å². The van der Waals surface area contributed by atoms with Crippen LogP contribution in [-0.2, 0) is 22.7 Å². The zero-order valence-electron chi connectivity index (χ0n) is 21.4. The molecule has 0 unspecified atom stereocenters. The average Bonchev–Trinajstić information content (AvgIpc) is 3.41. The first-order chi connectivity index (χ1) is 18.3. The molecule has 3 aromatic rings. The number of ether oxygens (including phenoxy) is 2. The van der Waals surface area contributed by atoms with Crippen LogP contribution in [-0.4, -0.2) is 41.2 Å². The van der Waals surface area contributed by atoms with Gasteiger partial charge in [0.15, 0.2) is 0 Å². The highest BCUT2D eigenvalue weighted by atomic mass is 35.5. The van der Waals surface area contributed by atoms with E-state index in [4.69, 9.17) is 21.1 Å². The monoisotopic (exact) mass is 542 g/mol. The first-order valence-electron chi connectivity index (χ1n) is 12.6. The van der Waals surface area contributed by atoms with Crippen LogP contribution in [0.15, 0.2) is 46.0 Å². The smallest absolute Gasteiger partial charge is 0.331 e. The van der Waals surface area contributed by atoms with Gasteiger partial charge in [-0.3, -0.25) is 23.5 Å². The summed E-state index contributed by atoms with van der Waals surface area (Å²) in [4.78, 5) is 51.9. The molecule has 2 aromatic carbocycles. The van der Waals surface area contributed by atoms with Crippen molar-refractivity contribution in [3.05, 3.63) is 62.3 Å². The molecule has 0 atom stereocenters. The third kappa shape index (κ3) is 6.02. The van der Waals surface area contributed by atoms with Crippen LogP contribution in [0, 0.1) is 0 Å². The summed E-state index contributed by atoms with van der Waals surface area (Å²) >= 11 is 6.21. The number of nitrogens with zero attached hydrogens (tertiary/aromatic N) is 2. The Kier molecular flexibility index (Phi) is 8.73. The van der Waals surface area contributed by atoms with Crippen LogP contribution in [0.3, 0.4) is 0 Å². The third-order valence-corrected chi connectivity index (χ3v) is 6.98. The fraction of sp³-hybridized carbons (Fsp3) is 0.407. The van der Waals surface area contributed by atoms with Crippen LogP contribution in [0.1, 0.15) is 38.5 Å². The number of rotatable bonds is 10. The number of benzene rings is 2. The minimum Gasteiger partial charge on any atom is -0.495 e. The Morgan fingerprint density at radius 3 is 2.42 bits per heavy atom. The summed E-state index contributed by atoms with van der Waals surface area (Å²) in [5.74, 6) is 0.112. The molecule has 202 valence electrons. The van der Waals surface area contributed by atoms with E-state index in [2.05, 4.69) is 10.6 Å². The van der Waals surface area contributed by atoms with Crippen LogP contribution in [0.2, 0.25) is 5.02 Å². The number of aromatic nitrogens is 2. The van der Waals surface area contributed by atoms with Gasteiger partial charge >= 0.3 is 5.69 Å². The van der Waals surface area contributed by atoms with Gasteiger partial charge in [0.1, 0.15) is 18.0 Å². The summed E-state index contributed by atoms with van der Waals surface area (Å²) in [6.07, 6.45) is 4.72. The molecule has 11 heteroatoms. The van der Waals surface area contributed by atoms with E-state index in [1.165, 1.54) is 24.9 Å². The highest BCUT2D eigenvalue weighted by molar-refractivity contribution is 6.32. The van der Waals surface area contributed by atoms with Crippen LogP contribution in [0.4, 0.5) is 5.69 Å². The van der Waals surface area contributed by atoms with E-state index in [9.17, 15) is 19.2 Å². The summed E-state index contributed by atoms with van der Waals surface area (Å²) in [5.41, 5.74) is -0.434. The Morgan fingerprint density at radius 2 is 1.71 bits per heavy atom. The second kappa shape index (κ2) is 12.2. The van der Waals surface area contributed by atoms with Gasteiger partial charge in [0, 0.05) is 25.1 Å². The Hall–Kier alpha value is -3.79. The number of hydrogen-bond donors (Lipinski definition) is 2. The van der Waals surface area contributed by atoms with Gasteiger partial charge in [-0.15, -0.1) is 0 Å². The molecule has 10 nitrogen and oxygen atoms in total. The standard InChI is InChI=1S/C27H31ClN4O6/c1-37-22-15-23(38-2)20(14-19(22)28)30-25(34)16-32-21-11-6-5-10-18(21)26(35)31(27(32)36)13-7-12-24(33)29-17-8-3-4-9-17/h5-6,10-11,14-15,17H,3-4,7-9,12-13,16H2,1-2H3,(H,29,33)(H,30,34). The number of halogens is 1. The minimum absolute atomic E-state index is 0.0596. The van der Waals surface area contributed by atoms with E-state index >= 15 is 0 Å². The molecule has 2 amide bonds. The molecule has 1 aliphatic rings. The number of hydrogen-bond acceptors (Lipinski definition) is 6. The average molecular weight is 543 g/mol. The first kappa shape index (κ1) is 27.3. The van der Waals surface area contributed by atoms with E-state index in [1.54, 1.807) is 30.3 Å². The summed E-state index contributed by atoms with van der Waals surface area (Å²) in [6.45, 7) is -0.293. The lowest BCUT2D eigenvalue weighted by Gasteiger charge is -2.16. The van der Waals surface area contributed by atoms with Crippen molar-refractivity contribution in [1.82, 2.24) is 14.5 Å². The van der Waals surface area contributed by atoms with Crippen LogP contribution in [0.5, 0.6) is 11.5 Å². The van der Waals surface area contributed by atoms with Crippen molar-refractivity contribution in [1.29, 1.82) is 0 Å². The maximum atomic E-state index is 13.4. The molecule has 1 heterocycles. The molecule has 1 aliphatic carbocycles. The zero-order valence-corrected chi connectivity index (χ0v) is 22.2. The van der Waals surface area contributed by atoms with Gasteiger partial charge in [-0.1, -0.05) is 36.6 Å². The Balaban J connectivity index is 1.55. The second-order valence-corrected chi connectivity index (χ2v) is 9.64. The van der Waals surface area contributed by atoms with E-state index in [1.807, 2.05) is 0 Å². The van der Waals surface area contributed by atoms with Crippen LogP contribution >= 0.6 is 11.6 Å². The number of para-hydroxylation sites is 1. The summed E-state index contributed by atoms with van der Waals surface area (Å²) in [5, 5.41) is 6.31. The zero-order chi connectivity index (χ0) is 27.2. The van der Waals surface area contributed by atoms with Gasteiger partial charge in [-0.25, -0.2) is 4.79 Å². The number of nitrogens with one attached hydrogen (secondary N) is 2. The molecule has 1 aromatic heterocycles. The highest BCUT2D eigenvalue weighted by Crippen LogP contribution is 2.35. The molecule has 0 radical (unpaired) electrons. The molecule has 0 saturated heterocycles. The van der Waals surface area contributed by atoms with Gasteiger partial charge in [-0.2, -0.15) is 0 Å². The molecule has 2 N–H and O–H groups in total. The van der Waals surface area contributed by atoms with Crippen LogP contribution in [0.25, 0.3) is 10.9 Å². The van der Waals surface area contributed by atoms with Crippen LogP contribution < -0.4 is 31.4 Å². The fourth-order valence-electron chi connectivity index (χ4n) is 4.78. The van der Waals surface area contributed by atoms with Crippen molar-refractivity contribution in [3.8, 4) is 11.5 Å². The molecular formula is C27H31ClN4O6. The number of anilines is 1. The van der Waals surface area contributed by atoms with Crippen molar-refractivity contribution in [3.63, 3.8) is 0 Å². The Morgan fingerprint density at radius 1 is 1.00 bits per heavy atom. The Bertz CT molecular complexity index is 1460. The first-order valence-corrected chi connectivity index (χ1v) is 12.9. The summed E-state index contributed by atoms with van der Waals surface area (Å²) in [7, 11) is 2.91. The maximum Gasteiger partial charge on any atom is 0.331 e. The largest absolute Gasteiger partial charge is 0.495 e. The maximum absolute atomic E-state index is 13.4. The van der Waals surface area contributed by atoms with Crippen molar-refractivity contribution < 1.29 is 19.1 Å². The highest BCUT2D eigenvalue weighted by Gasteiger charge is 2.19. The molecule has 0 spiro atoms. The van der Waals surface area contributed by atoms with E-state index in [-0.39, 0.29) is 36.5 Å². The number of amides is 2. The van der Waals surface area contributed by atoms with Crippen molar-refractivity contribution in [2.75, 3.05) is 19.5 Å². The van der Waals surface area contributed by atoms with E-state index < -0.39 is 17.2 Å². The van der Waals surface area contributed by atoms with Gasteiger partial charge in [0.2, 0.25) is 11.8 Å². The lowest BCUT2D eigenvalue weighted by atomic mass is 10.2. The number of carbonyl (C=O) groups excluding carboxylic acids is 2. The Labute approximate surface area is 224 Å². The normalized spacial score (nSPS) is 13.4. The van der Waals surface area contributed by atoms with E-state index in [0.29, 0.717) is 34.5 Å². The molecule has 0 aliphatic heterocycles. The quantitative estimate of drug-likeness (QED) is 0.405. The molecule has 1 saturated carbocycles. The predicted octanol–water partition coefficient (Wildman–Crippen LogP) is 3.31. The lowest BCUT2D eigenvalue weighted by Crippen LogP contribution is -2.42. The molecular weight excluding hydrogens is 512 g/mol. The van der Waals surface area contributed by atoms with Gasteiger partial charge in [-0.05, 0) is 37.5 Å². The lowest BCUT2D eigenvalue weighted by molar-refractivity contribution is -0.122. The predicted molar refractivity (Wildman–Crippen MR) is 145 cm³/mol. The second-order valence-electron chi connectivity index (χ2n) is 9.23. The molecule has 0 bridgehead atoms. The minimum atomic E-state index is -0.625. The number of methoxy groups -OCH3 is 2. The topological polar surface area (TPSA) is 121 Å². The SMILES string of the molecule is COc1cc(OC)c(NC(=O)Cn2c(=O)n(CCCC(=O)NC3CCCC3)c(=O)c3ccccc32)cc1Cl. The van der Waals surface area contributed by atoms with Crippen molar-refractivity contribution >= 4 is 40.0 Å². The van der Waals surface area contributed by atoms with E-state index in [0.717, 1.165) is 30.3 Å². The fourth-order valence-corrected chi connectivity index (χ4v) is 5.02. The summed E-state index contributed by atoms with van der Waals surface area (Å²) < 4.78 is 12.9. The third-order valence-electron chi connectivity index (χ3n) is 6.69. The van der Waals surface area contributed by atoms with Gasteiger partial charge in [0.05, 0.1) is 35.8 Å². The van der Waals surface area contributed by atoms with Crippen molar-refractivity contribution in [2.24, 2.45) is 0 Å². The number of carbonyl (C=O) groups is 2. The van der Waals surface area contributed by atoms with Gasteiger partial charge < -0.3 is 20.1 Å². The summed E-state index contributed by atoms with van der Waals surface area (Å²) in [6, 6.07) is 9.87.